The standard InChI is InChI=1S/C12H18N2.C12H20N2.C2H6.2H2/c1-2-10-4-3-5-11(6-10)7-12-8-13-9-14-12;1-3-10-5-4-6-11(7-10)8-12(9-13)14-2;1-2;;/h6,8-9,11H,2-5,7H2,1H3,(H,13,14);7,9,11H,2-6,8,13H2,1H3;1-2H3;2*1H/b;12-9-;;;. The number of hydrogen-bond donors (Lipinski definition) is 2. The van der Waals surface area contributed by atoms with Crippen molar-refractivity contribution in [2.45, 2.75) is 91.9 Å². The molecule has 0 saturated heterocycles. The molecule has 2 aliphatic rings. The van der Waals surface area contributed by atoms with Gasteiger partial charge >= 0.3 is 0 Å². The number of rotatable bonds is 7. The van der Waals surface area contributed by atoms with E-state index in [1.807, 2.05) is 20.0 Å². The van der Waals surface area contributed by atoms with E-state index in [-0.39, 0.29) is 2.85 Å². The predicted octanol–water partition coefficient (Wildman–Crippen LogP) is 7.62. The van der Waals surface area contributed by atoms with Gasteiger partial charge in [-0.3, -0.25) is 4.99 Å². The maximum absolute atomic E-state index is 5.45. The van der Waals surface area contributed by atoms with Crippen molar-refractivity contribution in [3.8, 4) is 0 Å². The molecule has 0 saturated carbocycles. The van der Waals surface area contributed by atoms with Crippen LogP contribution in [0.25, 0.3) is 0 Å². The Morgan fingerprint density at radius 2 is 1.77 bits per heavy atom. The fourth-order valence-corrected chi connectivity index (χ4v) is 4.23. The van der Waals surface area contributed by atoms with E-state index in [9.17, 15) is 0 Å². The molecule has 2 atom stereocenters. The van der Waals surface area contributed by atoms with Gasteiger partial charge in [0.25, 0.3) is 0 Å². The van der Waals surface area contributed by atoms with Crippen LogP contribution in [0.3, 0.4) is 0 Å². The first-order valence-electron chi connectivity index (χ1n) is 11.9. The molecule has 4 nitrogen and oxygen atoms in total. The minimum atomic E-state index is 0. The molecular formula is C26H48N4. The van der Waals surface area contributed by atoms with Gasteiger partial charge in [0.2, 0.25) is 0 Å². The largest absolute Gasteiger partial charge is 0.403 e. The summed E-state index contributed by atoms with van der Waals surface area (Å²) in [5, 5.41) is 0. The van der Waals surface area contributed by atoms with Crippen LogP contribution in [0.15, 0.2) is 52.7 Å². The number of aromatic nitrogens is 2. The molecule has 4 heteroatoms. The van der Waals surface area contributed by atoms with Crippen LogP contribution in [0, 0.1) is 11.8 Å². The Labute approximate surface area is 187 Å². The first-order valence-corrected chi connectivity index (χ1v) is 11.9. The van der Waals surface area contributed by atoms with Crippen molar-refractivity contribution < 1.29 is 2.85 Å². The number of H-pyrrole nitrogens is 1. The Hall–Kier alpha value is -2.10. The van der Waals surface area contributed by atoms with E-state index in [0.717, 1.165) is 24.5 Å². The first kappa shape index (κ1) is 25.9. The molecule has 0 bridgehead atoms. The van der Waals surface area contributed by atoms with Crippen molar-refractivity contribution in [1.82, 2.24) is 9.97 Å². The smallest absolute Gasteiger partial charge is 0.0921 e. The predicted molar refractivity (Wildman–Crippen MR) is 136 cm³/mol. The van der Waals surface area contributed by atoms with E-state index >= 15 is 0 Å². The number of nitrogens with zero attached hydrogens (tertiary/aromatic N) is 2. The molecule has 0 aliphatic heterocycles. The lowest BCUT2D eigenvalue weighted by Crippen LogP contribution is -2.07. The Morgan fingerprint density at radius 3 is 2.27 bits per heavy atom. The summed E-state index contributed by atoms with van der Waals surface area (Å²) >= 11 is 0. The van der Waals surface area contributed by atoms with E-state index in [4.69, 9.17) is 5.73 Å². The van der Waals surface area contributed by atoms with Gasteiger partial charge in [0.15, 0.2) is 0 Å². The van der Waals surface area contributed by atoms with Crippen molar-refractivity contribution in [2.24, 2.45) is 22.6 Å². The summed E-state index contributed by atoms with van der Waals surface area (Å²) in [4.78, 5) is 11.1. The monoisotopic (exact) mass is 416 g/mol. The van der Waals surface area contributed by atoms with Gasteiger partial charge in [0.1, 0.15) is 0 Å². The van der Waals surface area contributed by atoms with Crippen LogP contribution in [0.5, 0.6) is 0 Å². The maximum Gasteiger partial charge on any atom is 0.0921 e. The molecule has 0 amide bonds. The minimum Gasteiger partial charge on any atom is -0.403 e. The molecule has 30 heavy (non-hydrogen) atoms. The van der Waals surface area contributed by atoms with E-state index in [0.29, 0.717) is 5.92 Å². The molecule has 0 spiro atoms. The lowest BCUT2D eigenvalue weighted by molar-refractivity contribution is 0.516. The molecule has 172 valence electrons. The molecule has 3 rings (SSSR count). The average Bonchev–Trinajstić information content (AvgIpc) is 3.32. The second-order valence-corrected chi connectivity index (χ2v) is 7.96. The molecule has 1 heterocycles. The first-order chi connectivity index (χ1) is 14.7. The summed E-state index contributed by atoms with van der Waals surface area (Å²) in [7, 11) is 0. The number of nitrogens with one attached hydrogen (secondary N) is 1. The van der Waals surface area contributed by atoms with Gasteiger partial charge in [-0.15, -0.1) is 0 Å². The van der Waals surface area contributed by atoms with Crippen molar-refractivity contribution >= 4 is 6.72 Å². The van der Waals surface area contributed by atoms with Gasteiger partial charge in [0.05, 0.1) is 12.0 Å². The number of imidazole rings is 1. The molecule has 0 fully saturated rings. The van der Waals surface area contributed by atoms with E-state index < -0.39 is 0 Å². The lowest BCUT2D eigenvalue weighted by atomic mass is 9.87. The van der Waals surface area contributed by atoms with Gasteiger partial charge in [-0.2, -0.15) is 0 Å². The summed E-state index contributed by atoms with van der Waals surface area (Å²) in [6.45, 7) is 12.0. The van der Waals surface area contributed by atoms with Gasteiger partial charge in [0, 0.05) is 20.9 Å². The fourth-order valence-electron chi connectivity index (χ4n) is 4.23. The number of hydrogen-bond acceptors (Lipinski definition) is 3. The quantitative estimate of drug-likeness (QED) is 0.354. The van der Waals surface area contributed by atoms with Crippen LogP contribution >= 0.6 is 0 Å². The van der Waals surface area contributed by atoms with Crippen LogP contribution in [0.4, 0.5) is 0 Å². The second kappa shape index (κ2) is 15.7. The summed E-state index contributed by atoms with van der Waals surface area (Å²) in [5.41, 5.74) is 10.9. The number of aliphatic imine (C=N–C) groups is 1. The summed E-state index contributed by atoms with van der Waals surface area (Å²) < 4.78 is 0. The highest BCUT2D eigenvalue weighted by atomic mass is 14.9. The Balaban J connectivity index is 0. The van der Waals surface area contributed by atoms with E-state index in [1.165, 1.54) is 57.1 Å². The molecule has 3 N–H and O–H groups in total. The van der Waals surface area contributed by atoms with Crippen molar-refractivity contribution in [1.29, 1.82) is 0 Å². The molecule has 1 aromatic rings. The molecule has 0 aromatic carbocycles. The minimum absolute atomic E-state index is 0. The SMILES string of the molecule is C=N/C(=C\N)CC1C=C(CC)CCC1.CC.CCC1=CC(Cc2cnc[nH]2)CCC1.[HH].[HH]. The highest BCUT2D eigenvalue weighted by molar-refractivity contribution is 5.29. The van der Waals surface area contributed by atoms with Gasteiger partial charge < -0.3 is 10.7 Å². The lowest BCUT2D eigenvalue weighted by Gasteiger charge is -2.20. The third kappa shape index (κ3) is 9.60. The van der Waals surface area contributed by atoms with Crippen LogP contribution in [-0.4, -0.2) is 16.7 Å². The van der Waals surface area contributed by atoms with Crippen molar-refractivity contribution in [3.05, 3.63) is 53.4 Å². The Kier molecular flexibility index (Phi) is 13.6. The molecule has 2 unspecified atom stereocenters. The highest BCUT2D eigenvalue weighted by Crippen LogP contribution is 2.29. The summed E-state index contributed by atoms with van der Waals surface area (Å²) in [6.07, 6.45) is 22.5. The zero-order valence-corrected chi connectivity index (χ0v) is 19.8. The average molecular weight is 417 g/mol. The number of aromatic amines is 1. The Morgan fingerprint density at radius 1 is 1.17 bits per heavy atom. The van der Waals surface area contributed by atoms with E-state index in [2.05, 4.69) is 47.7 Å². The zero-order chi connectivity index (χ0) is 22.2. The zero-order valence-electron chi connectivity index (χ0n) is 19.8. The topological polar surface area (TPSA) is 67.1 Å². The van der Waals surface area contributed by atoms with E-state index in [1.54, 1.807) is 23.7 Å². The van der Waals surface area contributed by atoms with Crippen LogP contribution < -0.4 is 5.73 Å². The Bertz CT molecular complexity index is 678. The summed E-state index contributed by atoms with van der Waals surface area (Å²) in [5.74, 6) is 1.36. The maximum atomic E-state index is 5.45. The van der Waals surface area contributed by atoms with Gasteiger partial charge in [-0.1, -0.05) is 51.0 Å². The van der Waals surface area contributed by atoms with Gasteiger partial charge in [-0.25, -0.2) is 4.98 Å². The second-order valence-electron chi connectivity index (χ2n) is 7.96. The molecule has 1 aromatic heterocycles. The summed E-state index contributed by atoms with van der Waals surface area (Å²) in [6, 6.07) is 0. The molecule has 0 radical (unpaired) electrons. The normalized spacial score (nSPS) is 21.3. The number of nitrogens with two attached hydrogens (primary N) is 1. The third-order valence-corrected chi connectivity index (χ3v) is 5.90. The van der Waals surface area contributed by atoms with Crippen molar-refractivity contribution in [2.75, 3.05) is 0 Å². The van der Waals surface area contributed by atoms with Crippen LogP contribution in [0.2, 0.25) is 0 Å². The van der Waals surface area contributed by atoms with Crippen LogP contribution in [0.1, 0.15) is 94.0 Å². The van der Waals surface area contributed by atoms with Gasteiger partial charge in [-0.05, 0) is 82.8 Å². The molecular weight excluding hydrogens is 368 g/mol. The third-order valence-electron chi connectivity index (χ3n) is 5.90. The fraction of sp³-hybridized carbons (Fsp3) is 0.615. The molecule has 2 aliphatic carbocycles. The highest BCUT2D eigenvalue weighted by Gasteiger charge is 2.14. The van der Waals surface area contributed by atoms with Crippen molar-refractivity contribution in [3.63, 3.8) is 0 Å². The number of allylic oxidation sites excluding steroid dienone is 5. The van der Waals surface area contributed by atoms with Crippen LogP contribution in [-0.2, 0) is 6.42 Å².